The summed E-state index contributed by atoms with van der Waals surface area (Å²) in [6.45, 7) is 7.70. The van der Waals surface area contributed by atoms with Gasteiger partial charge in [-0.2, -0.15) is 0 Å². The minimum absolute atomic E-state index is 0.230. The molecule has 2 heterocycles. The molecule has 1 aliphatic rings. The largest absolute Gasteiger partial charge is 0.358 e. The molecular weight excluding hydrogens is 336 g/mol. The number of urea groups is 1. The summed E-state index contributed by atoms with van der Waals surface area (Å²) in [7, 11) is 0. The van der Waals surface area contributed by atoms with Gasteiger partial charge >= 0.3 is 6.03 Å². The molecule has 140 valence electrons. The summed E-state index contributed by atoms with van der Waals surface area (Å²) in [4.78, 5) is 18.4. The maximum Gasteiger partial charge on any atom is 0.323 e. The summed E-state index contributed by atoms with van der Waals surface area (Å²) < 4.78 is 0. The van der Waals surface area contributed by atoms with Gasteiger partial charge in [0.2, 0.25) is 0 Å². The molecule has 0 unspecified atom stereocenters. The van der Waals surface area contributed by atoms with Crippen molar-refractivity contribution in [2.75, 3.05) is 23.7 Å². The van der Waals surface area contributed by atoms with E-state index < -0.39 is 0 Å². The SMILES string of the molecule is CC(C)CN1CCc2[nH]c3ccc(NC(=O)Nc4ccccc4)cc3c2C1. The Morgan fingerprint density at radius 3 is 2.67 bits per heavy atom. The molecule has 0 fully saturated rings. The quantitative estimate of drug-likeness (QED) is 0.623. The maximum absolute atomic E-state index is 12.3. The monoisotopic (exact) mass is 362 g/mol. The lowest BCUT2D eigenvalue weighted by Crippen LogP contribution is -2.33. The van der Waals surface area contributed by atoms with E-state index in [1.165, 1.54) is 16.6 Å². The van der Waals surface area contributed by atoms with Crippen molar-refractivity contribution in [2.45, 2.75) is 26.8 Å². The van der Waals surface area contributed by atoms with E-state index in [2.05, 4.69) is 46.5 Å². The van der Waals surface area contributed by atoms with Crippen LogP contribution < -0.4 is 10.6 Å². The number of carbonyl (C=O) groups excluding carboxylic acids is 1. The van der Waals surface area contributed by atoms with Crippen molar-refractivity contribution in [1.82, 2.24) is 9.88 Å². The van der Waals surface area contributed by atoms with E-state index in [4.69, 9.17) is 0 Å². The molecule has 0 radical (unpaired) electrons. The zero-order valence-electron chi connectivity index (χ0n) is 15.9. The van der Waals surface area contributed by atoms with E-state index in [9.17, 15) is 4.79 Å². The Kier molecular flexibility index (Phi) is 4.86. The van der Waals surface area contributed by atoms with Crippen molar-refractivity contribution >= 4 is 28.3 Å². The van der Waals surface area contributed by atoms with Crippen LogP contribution in [0, 0.1) is 5.92 Å². The van der Waals surface area contributed by atoms with Gasteiger partial charge in [-0.25, -0.2) is 4.79 Å². The smallest absolute Gasteiger partial charge is 0.323 e. The number of hydrogen-bond donors (Lipinski definition) is 3. The average Bonchev–Trinajstić information content (AvgIpc) is 2.99. The van der Waals surface area contributed by atoms with Crippen molar-refractivity contribution in [3.63, 3.8) is 0 Å². The van der Waals surface area contributed by atoms with Crippen LogP contribution in [0.1, 0.15) is 25.1 Å². The van der Waals surface area contributed by atoms with Crippen LogP contribution in [0.15, 0.2) is 48.5 Å². The second-order valence-corrected chi connectivity index (χ2v) is 7.67. The molecule has 4 rings (SSSR count). The lowest BCUT2D eigenvalue weighted by atomic mass is 10.0. The molecule has 0 aliphatic carbocycles. The molecule has 0 saturated carbocycles. The molecule has 27 heavy (non-hydrogen) atoms. The van der Waals surface area contributed by atoms with E-state index in [0.29, 0.717) is 5.92 Å². The second-order valence-electron chi connectivity index (χ2n) is 7.67. The summed E-state index contributed by atoms with van der Waals surface area (Å²) in [5, 5.41) is 7.01. The van der Waals surface area contributed by atoms with Crippen LogP contribution in [0.2, 0.25) is 0 Å². The molecule has 2 aromatic carbocycles. The van der Waals surface area contributed by atoms with Crippen molar-refractivity contribution in [3.05, 3.63) is 59.8 Å². The summed E-state index contributed by atoms with van der Waals surface area (Å²) in [6, 6.07) is 15.3. The molecule has 0 spiro atoms. The normalized spacial score (nSPS) is 14.3. The van der Waals surface area contributed by atoms with E-state index in [1.807, 2.05) is 36.4 Å². The van der Waals surface area contributed by atoms with Crippen LogP contribution in [0.3, 0.4) is 0 Å². The molecule has 5 nitrogen and oxygen atoms in total. The Morgan fingerprint density at radius 2 is 1.89 bits per heavy atom. The van der Waals surface area contributed by atoms with Gasteiger partial charge in [0.25, 0.3) is 0 Å². The van der Waals surface area contributed by atoms with E-state index in [1.54, 1.807) is 0 Å². The van der Waals surface area contributed by atoms with Crippen LogP contribution in [0.5, 0.6) is 0 Å². The third kappa shape index (κ3) is 3.98. The Hall–Kier alpha value is -2.79. The van der Waals surface area contributed by atoms with Crippen molar-refractivity contribution in [3.8, 4) is 0 Å². The van der Waals surface area contributed by atoms with E-state index >= 15 is 0 Å². The maximum atomic E-state index is 12.3. The molecular formula is C22H26N4O. The summed E-state index contributed by atoms with van der Waals surface area (Å²) in [5.74, 6) is 0.663. The minimum atomic E-state index is -0.230. The molecule has 3 N–H and O–H groups in total. The van der Waals surface area contributed by atoms with Crippen LogP contribution >= 0.6 is 0 Å². The van der Waals surface area contributed by atoms with Gasteiger partial charge in [-0.05, 0) is 41.8 Å². The number of fused-ring (bicyclic) bond motifs is 3. The predicted octanol–water partition coefficient (Wildman–Crippen LogP) is 4.83. The van der Waals surface area contributed by atoms with Gasteiger partial charge in [-0.1, -0.05) is 32.0 Å². The first kappa shape index (κ1) is 17.6. The average molecular weight is 362 g/mol. The Morgan fingerprint density at radius 1 is 1.11 bits per heavy atom. The highest BCUT2D eigenvalue weighted by Crippen LogP contribution is 2.30. The fraction of sp³-hybridized carbons (Fsp3) is 0.318. The highest BCUT2D eigenvalue weighted by Gasteiger charge is 2.21. The summed E-state index contributed by atoms with van der Waals surface area (Å²) >= 11 is 0. The Balaban J connectivity index is 1.53. The van der Waals surface area contributed by atoms with Crippen LogP contribution in [0.4, 0.5) is 16.2 Å². The number of rotatable bonds is 4. The van der Waals surface area contributed by atoms with Crippen LogP contribution in [-0.2, 0) is 13.0 Å². The fourth-order valence-electron chi connectivity index (χ4n) is 3.83. The first-order valence-electron chi connectivity index (χ1n) is 9.57. The topological polar surface area (TPSA) is 60.2 Å². The number of H-pyrrole nitrogens is 1. The predicted molar refractivity (Wildman–Crippen MR) is 111 cm³/mol. The van der Waals surface area contributed by atoms with Gasteiger partial charge in [-0.15, -0.1) is 0 Å². The number of nitrogens with zero attached hydrogens (tertiary/aromatic N) is 1. The fourth-order valence-corrected chi connectivity index (χ4v) is 3.83. The molecule has 0 saturated heterocycles. The highest BCUT2D eigenvalue weighted by molar-refractivity contribution is 6.01. The van der Waals surface area contributed by atoms with Crippen molar-refractivity contribution in [1.29, 1.82) is 0 Å². The first-order chi connectivity index (χ1) is 13.1. The molecule has 0 atom stereocenters. The standard InChI is InChI=1S/C22H26N4O/c1-15(2)13-26-11-10-21-19(14-26)18-12-17(8-9-20(18)25-21)24-22(27)23-16-6-4-3-5-7-16/h3-9,12,15,25H,10-11,13-14H2,1-2H3,(H2,23,24,27). The Labute approximate surface area is 159 Å². The number of hydrogen-bond acceptors (Lipinski definition) is 2. The number of benzene rings is 2. The van der Waals surface area contributed by atoms with Gasteiger partial charge in [0.1, 0.15) is 0 Å². The third-order valence-corrected chi connectivity index (χ3v) is 4.97. The molecule has 0 bridgehead atoms. The van der Waals surface area contributed by atoms with Gasteiger partial charge < -0.3 is 15.6 Å². The molecule has 5 heteroatoms. The number of para-hydroxylation sites is 1. The number of aromatic amines is 1. The molecule has 2 amide bonds. The number of anilines is 2. The summed E-state index contributed by atoms with van der Waals surface area (Å²) in [6.07, 6.45) is 1.05. The van der Waals surface area contributed by atoms with Crippen molar-refractivity contribution < 1.29 is 4.79 Å². The van der Waals surface area contributed by atoms with Gasteiger partial charge in [-0.3, -0.25) is 4.90 Å². The lowest BCUT2D eigenvalue weighted by molar-refractivity contribution is 0.226. The third-order valence-electron chi connectivity index (χ3n) is 4.97. The number of amides is 2. The molecule has 1 aliphatic heterocycles. The highest BCUT2D eigenvalue weighted by atomic mass is 16.2. The van der Waals surface area contributed by atoms with Crippen molar-refractivity contribution in [2.24, 2.45) is 5.92 Å². The second kappa shape index (κ2) is 7.45. The lowest BCUT2D eigenvalue weighted by Gasteiger charge is -2.28. The van der Waals surface area contributed by atoms with Gasteiger partial charge in [0.15, 0.2) is 0 Å². The number of carbonyl (C=O) groups is 1. The number of aromatic nitrogens is 1. The molecule has 1 aromatic heterocycles. The minimum Gasteiger partial charge on any atom is -0.358 e. The van der Waals surface area contributed by atoms with E-state index in [0.717, 1.165) is 42.9 Å². The first-order valence-corrected chi connectivity index (χ1v) is 9.57. The van der Waals surface area contributed by atoms with Crippen LogP contribution in [-0.4, -0.2) is 29.0 Å². The zero-order chi connectivity index (χ0) is 18.8. The Bertz CT molecular complexity index is 946. The number of nitrogens with one attached hydrogen (secondary N) is 3. The van der Waals surface area contributed by atoms with E-state index in [-0.39, 0.29) is 6.03 Å². The molecule has 3 aromatic rings. The zero-order valence-corrected chi connectivity index (χ0v) is 15.9. The van der Waals surface area contributed by atoms with Gasteiger partial charge in [0.05, 0.1) is 0 Å². The van der Waals surface area contributed by atoms with Gasteiger partial charge in [0, 0.05) is 54.0 Å². The summed E-state index contributed by atoms with van der Waals surface area (Å²) in [5.41, 5.74) is 5.42. The van der Waals surface area contributed by atoms with Crippen LogP contribution in [0.25, 0.3) is 10.9 Å².